The van der Waals surface area contributed by atoms with Gasteiger partial charge in [0.2, 0.25) is 0 Å². The number of amides is 1. The molecule has 1 N–H and O–H groups in total. The van der Waals surface area contributed by atoms with E-state index < -0.39 is 17.7 Å². The fraction of sp³-hybridized carbons (Fsp3) is 0.160. The molecule has 1 aromatic heterocycles. The van der Waals surface area contributed by atoms with Gasteiger partial charge in [0.25, 0.3) is 11.7 Å². The van der Waals surface area contributed by atoms with E-state index in [9.17, 15) is 14.7 Å². The summed E-state index contributed by atoms with van der Waals surface area (Å²) in [6.07, 6.45) is 3.22. The number of methoxy groups -OCH3 is 1. The van der Waals surface area contributed by atoms with Crippen LogP contribution in [0.15, 0.2) is 72.6 Å². The Hall–Kier alpha value is -3.93. The molecule has 1 aliphatic rings. The van der Waals surface area contributed by atoms with E-state index in [4.69, 9.17) is 4.74 Å². The lowest BCUT2D eigenvalue weighted by atomic mass is 9.95. The molecule has 1 amide bonds. The number of aromatic nitrogens is 1. The van der Waals surface area contributed by atoms with Crippen molar-refractivity contribution < 1.29 is 19.4 Å². The van der Waals surface area contributed by atoms with Gasteiger partial charge in [-0.05, 0) is 49.2 Å². The molecule has 3 aromatic rings. The third kappa shape index (κ3) is 3.57. The van der Waals surface area contributed by atoms with Gasteiger partial charge in [0.05, 0.1) is 18.7 Å². The Balaban J connectivity index is 1.96. The number of Topliss-reactive ketones (excluding diaryl/α,β-unsaturated/α-hetero) is 1. The Kier molecular flexibility index (Phi) is 5.29. The normalized spacial score (nSPS) is 17.8. The first kappa shape index (κ1) is 20.3. The van der Waals surface area contributed by atoms with Crippen LogP contribution in [0.1, 0.15) is 28.3 Å². The molecule has 0 saturated carbocycles. The summed E-state index contributed by atoms with van der Waals surface area (Å²) in [6, 6.07) is 15.1. The van der Waals surface area contributed by atoms with Crippen molar-refractivity contribution in [2.75, 3.05) is 12.0 Å². The van der Waals surface area contributed by atoms with Crippen LogP contribution < -0.4 is 9.64 Å². The van der Waals surface area contributed by atoms with E-state index in [0.29, 0.717) is 22.6 Å². The van der Waals surface area contributed by atoms with Crippen LogP contribution in [0.25, 0.3) is 5.76 Å². The van der Waals surface area contributed by atoms with Gasteiger partial charge >= 0.3 is 0 Å². The number of anilines is 1. The quantitative estimate of drug-likeness (QED) is 0.390. The molecule has 2 heterocycles. The number of hydrogen-bond acceptors (Lipinski definition) is 5. The summed E-state index contributed by atoms with van der Waals surface area (Å²) >= 11 is 0. The van der Waals surface area contributed by atoms with E-state index in [2.05, 4.69) is 4.98 Å². The average molecular weight is 414 g/mol. The standard InChI is InChI=1S/C25H22N2O4/c1-15-9-10-20(16(2)12-15)27-22(18-7-5-11-26-14-18)21(24(29)25(27)30)23(28)17-6-4-8-19(13-17)31-3/h4-14,22,28H,1-3H3/b23-21+. The molecule has 4 rings (SSSR count). The number of benzene rings is 2. The zero-order valence-corrected chi connectivity index (χ0v) is 17.5. The SMILES string of the molecule is COc1cccc(/C(O)=C2\C(=O)C(=O)N(c3ccc(C)cc3C)C2c2cccnc2)c1. The third-order valence-corrected chi connectivity index (χ3v) is 5.40. The van der Waals surface area contributed by atoms with Crippen LogP contribution in [-0.4, -0.2) is 28.9 Å². The molecule has 1 saturated heterocycles. The summed E-state index contributed by atoms with van der Waals surface area (Å²) in [5, 5.41) is 11.1. The lowest BCUT2D eigenvalue weighted by Crippen LogP contribution is -2.30. The number of carbonyl (C=O) groups excluding carboxylic acids is 2. The molecule has 0 aliphatic carbocycles. The van der Waals surface area contributed by atoms with Crippen LogP contribution in [0.5, 0.6) is 5.75 Å². The smallest absolute Gasteiger partial charge is 0.300 e. The monoisotopic (exact) mass is 414 g/mol. The Bertz CT molecular complexity index is 1200. The second-order valence-corrected chi connectivity index (χ2v) is 7.48. The lowest BCUT2D eigenvalue weighted by Gasteiger charge is -2.26. The number of nitrogens with zero attached hydrogens (tertiary/aromatic N) is 2. The van der Waals surface area contributed by atoms with E-state index in [1.807, 2.05) is 32.0 Å². The number of ketones is 1. The van der Waals surface area contributed by atoms with Gasteiger partial charge in [0.15, 0.2) is 0 Å². The van der Waals surface area contributed by atoms with Crippen LogP contribution in [0, 0.1) is 13.8 Å². The number of pyridine rings is 1. The average Bonchev–Trinajstić information content (AvgIpc) is 3.04. The first-order valence-electron chi connectivity index (χ1n) is 9.85. The predicted molar refractivity (Wildman–Crippen MR) is 118 cm³/mol. The van der Waals surface area contributed by atoms with Gasteiger partial charge in [-0.2, -0.15) is 0 Å². The maximum absolute atomic E-state index is 13.2. The zero-order chi connectivity index (χ0) is 22.1. The molecule has 6 heteroatoms. The molecule has 1 atom stereocenters. The summed E-state index contributed by atoms with van der Waals surface area (Å²) in [4.78, 5) is 32.0. The molecular formula is C25H22N2O4. The first-order valence-corrected chi connectivity index (χ1v) is 9.85. The summed E-state index contributed by atoms with van der Waals surface area (Å²) in [5.41, 5.74) is 3.57. The fourth-order valence-corrected chi connectivity index (χ4v) is 3.94. The van der Waals surface area contributed by atoms with Crippen molar-refractivity contribution >= 4 is 23.1 Å². The van der Waals surface area contributed by atoms with Crippen molar-refractivity contribution in [2.24, 2.45) is 0 Å². The Labute approximate surface area is 180 Å². The number of hydrogen-bond donors (Lipinski definition) is 1. The molecule has 0 radical (unpaired) electrons. The van der Waals surface area contributed by atoms with Crippen LogP contribution in [0.3, 0.4) is 0 Å². The highest BCUT2D eigenvalue weighted by Gasteiger charge is 2.47. The molecule has 1 aliphatic heterocycles. The van der Waals surface area contributed by atoms with Crippen molar-refractivity contribution in [3.63, 3.8) is 0 Å². The number of carbonyl (C=O) groups is 2. The summed E-state index contributed by atoms with van der Waals surface area (Å²) in [5.74, 6) is -1.15. The number of ether oxygens (including phenoxy) is 1. The van der Waals surface area contributed by atoms with Crippen molar-refractivity contribution in [3.8, 4) is 5.75 Å². The number of aliphatic hydroxyl groups is 1. The van der Waals surface area contributed by atoms with Crippen molar-refractivity contribution in [1.82, 2.24) is 4.98 Å². The van der Waals surface area contributed by atoms with Crippen LogP contribution in [0.4, 0.5) is 5.69 Å². The molecular weight excluding hydrogens is 392 g/mol. The molecule has 6 nitrogen and oxygen atoms in total. The zero-order valence-electron chi connectivity index (χ0n) is 17.5. The van der Waals surface area contributed by atoms with E-state index in [1.54, 1.807) is 48.8 Å². The largest absolute Gasteiger partial charge is 0.507 e. The summed E-state index contributed by atoms with van der Waals surface area (Å²) in [6.45, 7) is 3.86. The highest BCUT2D eigenvalue weighted by molar-refractivity contribution is 6.51. The Morgan fingerprint density at radius 2 is 1.87 bits per heavy atom. The third-order valence-electron chi connectivity index (χ3n) is 5.40. The Morgan fingerprint density at radius 1 is 1.06 bits per heavy atom. The van der Waals surface area contributed by atoms with Gasteiger partial charge in [-0.15, -0.1) is 0 Å². The fourth-order valence-electron chi connectivity index (χ4n) is 3.94. The minimum Gasteiger partial charge on any atom is -0.507 e. The maximum Gasteiger partial charge on any atom is 0.300 e. The lowest BCUT2D eigenvalue weighted by molar-refractivity contribution is -0.132. The van der Waals surface area contributed by atoms with E-state index in [-0.39, 0.29) is 11.3 Å². The van der Waals surface area contributed by atoms with Gasteiger partial charge in [-0.1, -0.05) is 35.9 Å². The van der Waals surface area contributed by atoms with Crippen LogP contribution in [0.2, 0.25) is 0 Å². The van der Waals surface area contributed by atoms with Gasteiger partial charge in [0.1, 0.15) is 11.5 Å². The molecule has 0 bridgehead atoms. The topological polar surface area (TPSA) is 79.7 Å². The molecule has 156 valence electrons. The summed E-state index contributed by atoms with van der Waals surface area (Å²) in [7, 11) is 1.52. The van der Waals surface area contributed by atoms with Crippen molar-refractivity contribution in [2.45, 2.75) is 19.9 Å². The van der Waals surface area contributed by atoms with Crippen LogP contribution in [-0.2, 0) is 9.59 Å². The van der Waals surface area contributed by atoms with Gasteiger partial charge in [-0.25, -0.2) is 0 Å². The second kappa shape index (κ2) is 8.07. The second-order valence-electron chi connectivity index (χ2n) is 7.48. The van der Waals surface area contributed by atoms with E-state index in [1.165, 1.54) is 12.0 Å². The Morgan fingerprint density at radius 3 is 2.55 bits per heavy atom. The first-order chi connectivity index (χ1) is 14.9. The van der Waals surface area contributed by atoms with Crippen molar-refractivity contribution in [1.29, 1.82) is 0 Å². The van der Waals surface area contributed by atoms with Gasteiger partial charge in [-0.3, -0.25) is 19.5 Å². The minimum atomic E-state index is -0.804. The van der Waals surface area contributed by atoms with E-state index >= 15 is 0 Å². The molecule has 1 fully saturated rings. The van der Waals surface area contributed by atoms with Crippen LogP contribution >= 0.6 is 0 Å². The molecule has 31 heavy (non-hydrogen) atoms. The number of aryl methyl sites for hydroxylation is 2. The molecule has 0 spiro atoms. The number of aliphatic hydroxyl groups excluding tert-OH is 1. The van der Waals surface area contributed by atoms with Gasteiger partial charge in [0, 0.05) is 23.6 Å². The van der Waals surface area contributed by atoms with E-state index in [0.717, 1.165) is 11.1 Å². The highest BCUT2D eigenvalue weighted by atomic mass is 16.5. The maximum atomic E-state index is 13.2. The predicted octanol–water partition coefficient (Wildman–Crippen LogP) is 4.33. The molecule has 2 aromatic carbocycles. The van der Waals surface area contributed by atoms with Gasteiger partial charge < -0.3 is 9.84 Å². The summed E-state index contributed by atoms with van der Waals surface area (Å²) < 4.78 is 5.24. The highest BCUT2D eigenvalue weighted by Crippen LogP contribution is 2.43. The molecule has 1 unspecified atom stereocenters. The number of rotatable bonds is 4. The minimum absolute atomic E-state index is 0.0197. The van der Waals surface area contributed by atoms with Crippen molar-refractivity contribution in [3.05, 3.63) is 94.8 Å².